The van der Waals surface area contributed by atoms with Crippen LogP contribution in [0.4, 0.5) is 0 Å². The summed E-state index contributed by atoms with van der Waals surface area (Å²) in [6, 6.07) is 50.4. The standard InChI is InChI=1S/C86H86O17/c1-12-13-14-15-16-17-18-19-20-21-22-64(59-62(2)87)80(88)99-55-51-95-73-38-26-67(27-39-73)85(6,7)68-28-40-74(41-29-68)96-52-56-100-81(89)65-23-48-78(82(90)101-57-53-97-75-42-32-70(33-43-75)86(8,9)71-34-46-77(47-35-71)103-61-63(3)93-11)79(60-65)83(91)102-58-54-98-76-44-30-69(31-45-76)84(4,5)66-24-36-72(37-25-66)94-50-49-92-10/h1,21-48,60,63-64H,49-59,61H2,2-11H3/b22-21+. The molecule has 0 fully saturated rings. The van der Waals surface area contributed by atoms with E-state index < -0.39 is 35.2 Å². The normalized spacial score (nSPS) is 11.5. The van der Waals surface area contributed by atoms with Crippen LogP contribution in [0.25, 0.3) is 0 Å². The minimum Gasteiger partial charge on any atom is -0.491 e. The predicted octanol–water partition coefficient (Wildman–Crippen LogP) is 13.5. The number of ether oxygens (including phenoxy) is 12. The molecule has 7 aromatic carbocycles. The topological polar surface area (TPSA) is 196 Å². The summed E-state index contributed by atoms with van der Waals surface area (Å²) in [5, 5.41) is 0. The Morgan fingerprint density at radius 3 is 1.12 bits per heavy atom. The fourth-order valence-electron chi connectivity index (χ4n) is 10.4. The van der Waals surface area contributed by atoms with Crippen molar-refractivity contribution in [3.05, 3.63) is 226 Å². The van der Waals surface area contributed by atoms with E-state index in [2.05, 4.69) is 94.8 Å². The molecule has 0 aliphatic carbocycles. The van der Waals surface area contributed by atoms with Crippen LogP contribution in [0.15, 0.2) is 176 Å². The second-order valence-corrected chi connectivity index (χ2v) is 25.0. The fraction of sp³-hybridized carbons (Fsp3) is 0.314. The lowest BCUT2D eigenvalue weighted by molar-refractivity contribution is -0.148. The molecule has 17 nitrogen and oxygen atoms in total. The van der Waals surface area contributed by atoms with Gasteiger partial charge in [0, 0.05) is 36.9 Å². The second kappa shape index (κ2) is 40.0. The van der Waals surface area contributed by atoms with Crippen molar-refractivity contribution in [2.75, 3.05) is 86.9 Å². The summed E-state index contributed by atoms with van der Waals surface area (Å²) >= 11 is 0. The van der Waals surface area contributed by atoms with Gasteiger partial charge in [-0.25, -0.2) is 14.4 Å². The highest BCUT2D eigenvalue weighted by Gasteiger charge is 2.28. The van der Waals surface area contributed by atoms with Gasteiger partial charge in [-0.15, -0.1) is 6.42 Å². The maximum absolute atomic E-state index is 13.9. The van der Waals surface area contributed by atoms with Crippen molar-refractivity contribution in [2.24, 2.45) is 5.92 Å². The van der Waals surface area contributed by atoms with Gasteiger partial charge in [-0.05, 0) is 192 Å². The minimum atomic E-state index is -0.891. The van der Waals surface area contributed by atoms with Crippen LogP contribution < -0.4 is 28.4 Å². The molecule has 0 radical (unpaired) electrons. The summed E-state index contributed by atoms with van der Waals surface area (Å²) in [4.78, 5) is 66.0. The molecule has 0 amide bonds. The Balaban J connectivity index is 0.911. The highest BCUT2D eigenvalue weighted by Crippen LogP contribution is 2.37. The molecule has 17 heteroatoms. The lowest BCUT2D eigenvalue weighted by Gasteiger charge is -2.26. The first-order valence-corrected chi connectivity index (χ1v) is 33.5. The van der Waals surface area contributed by atoms with Crippen LogP contribution in [0.3, 0.4) is 0 Å². The van der Waals surface area contributed by atoms with Gasteiger partial charge in [0.05, 0.1) is 35.3 Å². The lowest BCUT2D eigenvalue weighted by Crippen LogP contribution is -2.21. The van der Waals surface area contributed by atoms with Crippen LogP contribution in [0.2, 0.25) is 0 Å². The molecule has 0 bridgehead atoms. The van der Waals surface area contributed by atoms with Gasteiger partial charge in [0.1, 0.15) is 106 Å². The Bertz CT molecular complexity index is 4300. The van der Waals surface area contributed by atoms with Crippen molar-refractivity contribution in [2.45, 2.75) is 84.2 Å². The summed E-state index contributed by atoms with van der Waals surface area (Å²) in [7, 11) is 3.28. The molecule has 0 aromatic heterocycles. The number of allylic oxidation sites excluding steroid dienone is 1. The number of rotatable bonds is 37. The molecule has 2 atom stereocenters. The lowest BCUT2D eigenvalue weighted by atomic mass is 9.78. The Kier molecular flexibility index (Phi) is 30.5. The van der Waals surface area contributed by atoms with Gasteiger partial charge < -0.3 is 56.8 Å². The number of carbonyl (C=O) groups excluding carboxylic acids is 5. The number of hydrogen-bond donors (Lipinski definition) is 0. The van der Waals surface area contributed by atoms with Crippen LogP contribution in [-0.4, -0.2) is 123 Å². The van der Waals surface area contributed by atoms with E-state index in [0.29, 0.717) is 42.8 Å². The first-order valence-electron chi connectivity index (χ1n) is 33.5. The van der Waals surface area contributed by atoms with E-state index in [-0.39, 0.29) is 98.7 Å². The molecule has 532 valence electrons. The molecular formula is C86H86O17. The Hall–Kier alpha value is -11.7. The van der Waals surface area contributed by atoms with Crippen LogP contribution in [0, 0.1) is 65.6 Å². The zero-order valence-electron chi connectivity index (χ0n) is 59.9. The fourth-order valence-corrected chi connectivity index (χ4v) is 10.4. The summed E-state index contributed by atoms with van der Waals surface area (Å²) in [5.74, 6) is 21.8. The molecule has 0 aliphatic rings. The third kappa shape index (κ3) is 24.6. The van der Waals surface area contributed by atoms with Gasteiger partial charge in [0.25, 0.3) is 0 Å². The number of benzene rings is 7. The van der Waals surface area contributed by atoms with Gasteiger partial charge in [-0.3, -0.25) is 9.59 Å². The number of hydrogen-bond acceptors (Lipinski definition) is 17. The summed E-state index contributed by atoms with van der Waals surface area (Å²) in [6.07, 6.45) is 7.89. The predicted molar refractivity (Wildman–Crippen MR) is 392 cm³/mol. The zero-order valence-corrected chi connectivity index (χ0v) is 59.9. The molecule has 103 heavy (non-hydrogen) atoms. The van der Waals surface area contributed by atoms with Gasteiger partial charge in [-0.1, -0.05) is 126 Å². The SMILES string of the molecule is C#CC#CC#CC#CC#C/C=C/C(CC(C)=O)C(=O)OCCOc1ccc(C(C)(C)c2ccc(OCCOC(=O)c3ccc(C(=O)OCCOc4ccc(C(C)(C)c5ccc(OCC(C)OC)cc5)cc4)c(C(=O)OCCOc4ccc(C(C)(C)c5ccc(OCCOC)cc5)cc4)c3)cc2)cc1. The monoisotopic (exact) mass is 1390 g/mol. The Morgan fingerprint density at radius 2 is 0.748 bits per heavy atom. The third-order valence-electron chi connectivity index (χ3n) is 16.7. The van der Waals surface area contributed by atoms with Crippen LogP contribution in [-0.2, 0) is 54.3 Å². The van der Waals surface area contributed by atoms with Gasteiger partial charge in [-0.2, -0.15) is 0 Å². The van der Waals surface area contributed by atoms with Crippen molar-refractivity contribution in [3.63, 3.8) is 0 Å². The largest absolute Gasteiger partial charge is 0.491 e. The molecular weight excluding hydrogens is 1300 g/mol. The molecule has 7 aromatic rings. The molecule has 7 rings (SSSR count). The number of esters is 4. The zero-order chi connectivity index (χ0) is 74.0. The van der Waals surface area contributed by atoms with Crippen LogP contribution in [0.1, 0.15) is 126 Å². The first kappa shape index (κ1) is 78.7. The number of Topliss-reactive ketones (excluding diaryl/α,β-unsaturated/α-hetero) is 1. The summed E-state index contributed by atoms with van der Waals surface area (Å²) in [6.45, 7) is 17.0. The van der Waals surface area contributed by atoms with E-state index in [1.54, 1.807) is 14.2 Å². The molecule has 0 N–H and O–H groups in total. The van der Waals surface area contributed by atoms with Gasteiger partial charge in [0.15, 0.2) is 0 Å². The Morgan fingerprint density at radius 1 is 0.408 bits per heavy atom. The van der Waals surface area contributed by atoms with Crippen molar-refractivity contribution in [1.29, 1.82) is 0 Å². The van der Waals surface area contributed by atoms with Gasteiger partial charge >= 0.3 is 23.9 Å². The van der Waals surface area contributed by atoms with E-state index in [9.17, 15) is 24.0 Å². The molecule has 0 saturated heterocycles. The second-order valence-electron chi connectivity index (χ2n) is 25.0. The molecule has 0 saturated carbocycles. The van der Waals surface area contributed by atoms with Crippen molar-refractivity contribution < 1.29 is 80.8 Å². The minimum absolute atomic E-state index is 0.00391. The average molecular weight is 1390 g/mol. The smallest absolute Gasteiger partial charge is 0.339 e. The molecule has 2 unspecified atom stereocenters. The molecule has 0 aliphatic heterocycles. The average Bonchev–Trinajstić information content (AvgIpc) is 0.816. The van der Waals surface area contributed by atoms with Crippen LogP contribution >= 0.6 is 0 Å². The summed E-state index contributed by atoms with van der Waals surface area (Å²) in [5.41, 5.74) is 4.82. The molecule has 0 heterocycles. The van der Waals surface area contributed by atoms with Crippen LogP contribution in [0.5, 0.6) is 34.5 Å². The number of ketones is 1. The van der Waals surface area contributed by atoms with E-state index >= 15 is 0 Å². The van der Waals surface area contributed by atoms with E-state index in [4.69, 9.17) is 63.3 Å². The van der Waals surface area contributed by atoms with E-state index in [1.807, 2.05) is 153 Å². The first-order chi connectivity index (χ1) is 49.6. The number of terminal acetylenes is 1. The third-order valence-corrected chi connectivity index (χ3v) is 16.7. The number of carbonyl (C=O) groups is 5. The highest BCUT2D eigenvalue weighted by atomic mass is 16.6. The summed E-state index contributed by atoms with van der Waals surface area (Å²) < 4.78 is 68.1. The Labute approximate surface area is 604 Å². The quantitative estimate of drug-likeness (QED) is 0.0154. The molecule has 0 spiro atoms. The van der Waals surface area contributed by atoms with Gasteiger partial charge in [0.2, 0.25) is 0 Å². The number of methoxy groups -OCH3 is 2. The van der Waals surface area contributed by atoms with Crippen molar-refractivity contribution in [1.82, 2.24) is 0 Å². The maximum atomic E-state index is 13.9. The van der Waals surface area contributed by atoms with E-state index in [1.165, 1.54) is 37.3 Å². The highest BCUT2D eigenvalue weighted by molar-refractivity contribution is 6.05. The van der Waals surface area contributed by atoms with Crippen molar-refractivity contribution >= 4 is 29.7 Å². The van der Waals surface area contributed by atoms with E-state index in [0.717, 1.165) is 44.9 Å². The maximum Gasteiger partial charge on any atom is 0.339 e. The van der Waals surface area contributed by atoms with Crippen molar-refractivity contribution in [3.8, 4) is 94.2 Å².